The number of hydrogen-bond donors (Lipinski definition) is 0. The Hall–Kier alpha value is -2.08. The predicted molar refractivity (Wildman–Crippen MR) is 92.3 cm³/mol. The Bertz CT molecular complexity index is 708. The van der Waals surface area contributed by atoms with Crippen LogP contribution in [0.3, 0.4) is 0 Å². The number of carbonyl (C=O) groups excluding carboxylic acids is 1. The standard InChI is InChI=1S/C17H21ClN4O2/c1-12(2)16-19-20-17(24-16)22-9-7-21(8-10-22)15(23)11-13-5-3-4-6-14(13)18/h3-6,12H,7-11H2,1-2H3. The first kappa shape index (κ1) is 16.8. The molecule has 24 heavy (non-hydrogen) atoms. The van der Waals surface area contributed by atoms with Crippen LogP contribution in [0.25, 0.3) is 0 Å². The van der Waals surface area contributed by atoms with Crippen LogP contribution in [0.2, 0.25) is 5.02 Å². The van der Waals surface area contributed by atoms with E-state index in [2.05, 4.69) is 10.2 Å². The van der Waals surface area contributed by atoms with Gasteiger partial charge >= 0.3 is 6.01 Å². The van der Waals surface area contributed by atoms with E-state index in [1.807, 2.05) is 47.9 Å². The van der Waals surface area contributed by atoms with Gasteiger partial charge in [0, 0.05) is 37.1 Å². The first-order valence-electron chi connectivity index (χ1n) is 8.14. The summed E-state index contributed by atoms with van der Waals surface area (Å²) in [6.45, 7) is 6.69. The van der Waals surface area contributed by atoms with Gasteiger partial charge < -0.3 is 14.2 Å². The summed E-state index contributed by atoms with van der Waals surface area (Å²) in [5.41, 5.74) is 0.866. The third-order valence-electron chi connectivity index (χ3n) is 4.13. The maximum atomic E-state index is 12.5. The molecule has 1 aliphatic rings. The fourth-order valence-corrected chi connectivity index (χ4v) is 2.85. The molecule has 1 saturated heterocycles. The summed E-state index contributed by atoms with van der Waals surface area (Å²) in [6.07, 6.45) is 0.331. The number of halogens is 1. The fraction of sp³-hybridized carbons (Fsp3) is 0.471. The van der Waals surface area contributed by atoms with Gasteiger partial charge in [-0.15, -0.1) is 5.10 Å². The van der Waals surface area contributed by atoms with Crippen molar-refractivity contribution < 1.29 is 9.21 Å². The molecule has 2 aromatic rings. The zero-order valence-corrected chi connectivity index (χ0v) is 14.7. The molecule has 0 radical (unpaired) electrons. The Kier molecular flexibility index (Phi) is 5.04. The molecule has 1 aromatic heterocycles. The van der Waals surface area contributed by atoms with Gasteiger partial charge in [-0.3, -0.25) is 4.79 Å². The summed E-state index contributed by atoms with van der Waals surface area (Å²) >= 11 is 6.13. The molecular weight excluding hydrogens is 328 g/mol. The van der Waals surface area contributed by atoms with E-state index < -0.39 is 0 Å². The summed E-state index contributed by atoms with van der Waals surface area (Å²) < 4.78 is 5.67. The van der Waals surface area contributed by atoms with E-state index in [0.29, 0.717) is 49.5 Å². The highest BCUT2D eigenvalue weighted by molar-refractivity contribution is 6.31. The largest absolute Gasteiger partial charge is 0.408 e. The molecule has 128 valence electrons. The Morgan fingerprint density at radius 2 is 1.92 bits per heavy atom. The van der Waals surface area contributed by atoms with Crippen LogP contribution in [0.4, 0.5) is 6.01 Å². The third-order valence-corrected chi connectivity index (χ3v) is 4.50. The zero-order valence-electron chi connectivity index (χ0n) is 13.9. The molecule has 6 nitrogen and oxygen atoms in total. The topological polar surface area (TPSA) is 62.5 Å². The van der Waals surface area contributed by atoms with Gasteiger partial charge in [0.25, 0.3) is 0 Å². The molecule has 0 atom stereocenters. The normalized spacial score (nSPS) is 15.2. The van der Waals surface area contributed by atoms with Gasteiger partial charge in [-0.05, 0) is 11.6 Å². The van der Waals surface area contributed by atoms with E-state index in [-0.39, 0.29) is 11.8 Å². The van der Waals surface area contributed by atoms with Crippen LogP contribution in [0.5, 0.6) is 0 Å². The van der Waals surface area contributed by atoms with Crippen molar-refractivity contribution in [2.75, 3.05) is 31.1 Å². The first-order chi connectivity index (χ1) is 11.5. The molecule has 0 saturated carbocycles. The van der Waals surface area contributed by atoms with Crippen LogP contribution >= 0.6 is 11.6 Å². The molecule has 7 heteroatoms. The van der Waals surface area contributed by atoms with Gasteiger partial charge in [0.2, 0.25) is 11.8 Å². The average molecular weight is 349 g/mol. The van der Waals surface area contributed by atoms with Crippen molar-refractivity contribution in [1.82, 2.24) is 15.1 Å². The lowest BCUT2D eigenvalue weighted by molar-refractivity contribution is -0.130. The van der Waals surface area contributed by atoms with Crippen LogP contribution in [0.1, 0.15) is 31.2 Å². The van der Waals surface area contributed by atoms with Crippen LogP contribution in [-0.2, 0) is 11.2 Å². The highest BCUT2D eigenvalue weighted by Gasteiger charge is 2.25. The molecule has 2 heterocycles. The first-order valence-corrected chi connectivity index (χ1v) is 8.52. The Morgan fingerprint density at radius 3 is 2.54 bits per heavy atom. The molecule has 3 rings (SSSR count). The molecule has 1 aliphatic heterocycles. The number of piperazine rings is 1. The fourth-order valence-electron chi connectivity index (χ4n) is 2.65. The Morgan fingerprint density at radius 1 is 1.21 bits per heavy atom. The predicted octanol–water partition coefficient (Wildman–Crippen LogP) is 2.74. The van der Waals surface area contributed by atoms with E-state index in [1.54, 1.807) is 0 Å². The van der Waals surface area contributed by atoms with Crippen LogP contribution in [0, 0.1) is 0 Å². The molecular formula is C17H21ClN4O2. The van der Waals surface area contributed by atoms with Crippen molar-refractivity contribution in [1.29, 1.82) is 0 Å². The van der Waals surface area contributed by atoms with Crippen molar-refractivity contribution in [3.05, 3.63) is 40.7 Å². The Labute approximate surface area is 146 Å². The number of benzene rings is 1. The summed E-state index contributed by atoms with van der Waals surface area (Å²) in [5.74, 6) is 0.947. The summed E-state index contributed by atoms with van der Waals surface area (Å²) in [6, 6.07) is 8.00. The smallest absolute Gasteiger partial charge is 0.318 e. The van der Waals surface area contributed by atoms with Gasteiger partial charge in [0.15, 0.2) is 0 Å². The van der Waals surface area contributed by atoms with Gasteiger partial charge in [-0.25, -0.2) is 0 Å². The number of hydrogen-bond acceptors (Lipinski definition) is 5. The van der Waals surface area contributed by atoms with Gasteiger partial charge in [0.1, 0.15) is 0 Å². The SMILES string of the molecule is CC(C)c1nnc(N2CCN(C(=O)Cc3ccccc3Cl)CC2)o1. The van der Waals surface area contributed by atoms with Crippen molar-refractivity contribution >= 4 is 23.5 Å². The molecule has 0 unspecified atom stereocenters. The molecule has 0 spiro atoms. The molecule has 0 aliphatic carbocycles. The highest BCUT2D eigenvalue weighted by Crippen LogP contribution is 2.20. The summed E-state index contributed by atoms with van der Waals surface area (Å²) in [5, 5.41) is 8.79. The lowest BCUT2D eigenvalue weighted by Gasteiger charge is -2.33. The summed E-state index contributed by atoms with van der Waals surface area (Å²) in [7, 11) is 0. The average Bonchev–Trinajstić information content (AvgIpc) is 3.07. The van der Waals surface area contributed by atoms with Gasteiger partial charge in [-0.1, -0.05) is 48.7 Å². The van der Waals surface area contributed by atoms with Crippen molar-refractivity contribution in [2.45, 2.75) is 26.2 Å². The second-order valence-electron chi connectivity index (χ2n) is 6.21. The third kappa shape index (κ3) is 3.70. The minimum absolute atomic E-state index is 0.0937. The van der Waals surface area contributed by atoms with Gasteiger partial charge in [0.05, 0.1) is 6.42 Å². The van der Waals surface area contributed by atoms with E-state index in [1.165, 1.54) is 0 Å². The van der Waals surface area contributed by atoms with Crippen LogP contribution < -0.4 is 4.90 Å². The molecule has 1 aromatic carbocycles. The maximum Gasteiger partial charge on any atom is 0.318 e. The molecule has 1 amide bonds. The number of aromatic nitrogens is 2. The number of anilines is 1. The minimum Gasteiger partial charge on any atom is -0.408 e. The van der Waals surface area contributed by atoms with Crippen molar-refractivity contribution in [3.8, 4) is 0 Å². The molecule has 0 bridgehead atoms. The van der Waals surface area contributed by atoms with Crippen LogP contribution in [-0.4, -0.2) is 47.2 Å². The van der Waals surface area contributed by atoms with Crippen LogP contribution in [0.15, 0.2) is 28.7 Å². The Balaban J connectivity index is 1.56. The maximum absolute atomic E-state index is 12.5. The number of carbonyl (C=O) groups is 1. The monoisotopic (exact) mass is 348 g/mol. The minimum atomic E-state index is 0.0937. The molecule has 0 N–H and O–H groups in total. The van der Waals surface area contributed by atoms with E-state index in [9.17, 15) is 4.79 Å². The second kappa shape index (κ2) is 7.21. The zero-order chi connectivity index (χ0) is 17.1. The van der Waals surface area contributed by atoms with E-state index in [4.69, 9.17) is 16.0 Å². The number of nitrogens with zero attached hydrogens (tertiary/aromatic N) is 4. The lowest BCUT2D eigenvalue weighted by atomic mass is 10.1. The molecule has 1 fully saturated rings. The number of rotatable bonds is 4. The lowest BCUT2D eigenvalue weighted by Crippen LogP contribution is -2.49. The quantitative estimate of drug-likeness (QED) is 0.850. The van der Waals surface area contributed by atoms with E-state index in [0.717, 1.165) is 5.56 Å². The van der Waals surface area contributed by atoms with Crippen molar-refractivity contribution in [3.63, 3.8) is 0 Å². The van der Waals surface area contributed by atoms with E-state index >= 15 is 0 Å². The van der Waals surface area contributed by atoms with Gasteiger partial charge in [-0.2, -0.15) is 0 Å². The number of amides is 1. The summed E-state index contributed by atoms with van der Waals surface area (Å²) in [4.78, 5) is 16.3. The van der Waals surface area contributed by atoms with Crippen molar-refractivity contribution in [2.24, 2.45) is 0 Å². The highest BCUT2D eigenvalue weighted by atomic mass is 35.5. The second-order valence-corrected chi connectivity index (χ2v) is 6.62.